The van der Waals surface area contributed by atoms with E-state index in [0.29, 0.717) is 0 Å². The van der Waals surface area contributed by atoms with E-state index < -0.39 is 5.54 Å². The zero-order valence-electron chi connectivity index (χ0n) is 10.5. The van der Waals surface area contributed by atoms with E-state index in [1.165, 1.54) is 4.90 Å². The van der Waals surface area contributed by atoms with Crippen LogP contribution in [-0.4, -0.2) is 60.4 Å². The van der Waals surface area contributed by atoms with E-state index in [-0.39, 0.29) is 24.7 Å². The molecule has 16 heavy (non-hydrogen) atoms. The maximum absolute atomic E-state index is 11.8. The van der Waals surface area contributed by atoms with Gasteiger partial charge < -0.3 is 20.1 Å². The number of hydrogen-bond donors (Lipinski definition) is 2. The van der Waals surface area contributed by atoms with Gasteiger partial charge in [0.1, 0.15) is 6.61 Å². The van der Waals surface area contributed by atoms with Crippen molar-refractivity contribution in [1.82, 2.24) is 10.2 Å². The summed E-state index contributed by atoms with van der Waals surface area (Å²) >= 11 is 0. The lowest BCUT2D eigenvalue weighted by molar-refractivity contribution is -0.150. The third-order valence-electron chi connectivity index (χ3n) is 3.21. The van der Waals surface area contributed by atoms with Gasteiger partial charge in [-0.2, -0.15) is 0 Å². The number of carbonyl (C=O) groups is 1. The lowest BCUT2D eigenvalue weighted by Crippen LogP contribution is -2.60. The Balaban J connectivity index is 2.40. The highest BCUT2D eigenvalue weighted by Gasteiger charge is 2.34. The highest BCUT2D eigenvalue weighted by atomic mass is 16.5. The second-order valence-electron chi connectivity index (χ2n) is 5.27. The van der Waals surface area contributed by atoms with Gasteiger partial charge >= 0.3 is 0 Å². The Morgan fingerprint density at radius 1 is 1.56 bits per heavy atom. The molecule has 5 heteroatoms. The molecule has 1 aliphatic rings. The molecular formula is C11H22N2O3. The Morgan fingerprint density at radius 2 is 2.12 bits per heavy atom. The Bertz CT molecular complexity index is 262. The largest absolute Gasteiger partial charge is 0.394 e. The van der Waals surface area contributed by atoms with Gasteiger partial charge in [0.2, 0.25) is 5.91 Å². The number of carbonyl (C=O) groups excluding carboxylic acids is 1. The summed E-state index contributed by atoms with van der Waals surface area (Å²) in [5.74, 6) is -0.104. The van der Waals surface area contributed by atoms with Gasteiger partial charge in [-0.25, -0.2) is 0 Å². The Hall–Kier alpha value is -0.650. The molecule has 1 heterocycles. The van der Waals surface area contributed by atoms with Gasteiger partial charge in [-0.05, 0) is 20.8 Å². The quantitative estimate of drug-likeness (QED) is 0.674. The maximum Gasteiger partial charge on any atom is 0.248 e. The summed E-state index contributed by atoms with van der Waals surface area (Å²) in [4.78, 5) is 13.3. The van der Waals surface area contributed by atoms with E-state index in [2.05, 4.69) is 5.32 Å². The molecule has 2 N–H and O–H groups in total. The SMILES string of the molecule is CN(C(=O)COC1(C)CNC1)C(C)(C)CO. The van der Waals surface area contributed by atoms with Crippen LogP contribution in [0.4, 0.5) is 0 Å². The minimum atomic E-state index is -0.542. The predicted octanol–water partition coefficient (Wildman–Crippen LogP) is -0.406. The van der Waals surface area contributed by atoms with E-state index in [0.717, 1.165) is 13.1 Å². The fraction of sp³-hybridized carbons (Fsp3) is 0.909. The zero-order chi connectivity index (χ0) is 12.4. The highest BCUT2D eigenvalue weighted by molar-refractivity contribution is 5.78. The van der Waals surface area contributed by atoms with E-state index in [1.807, 2.05) is 20.8 Å². The van der Waals surface area contributed by atoms with Crippen LogP contribution in [0.5, 0.6) is 0 Å². The summed E-state index contributed by atoms with van der Waals surface area (Å²) in [6.45, 7) is 7.19. The number of nitrogens with one attached hydrogen (secondary N) is 1. The second kappa shape index (κ2) is 4.69. The molecule has 1 rings (SSSR count). The maximum atomic E-state index is 11.8. The molecule has 0 aromatic rings. The van der Waals surface area contributed by atoms with Gasteiger partial charge in [0.05, 0.1) is 17.7 Å². The van der Waals surface area contributed by atoms with Crippen molar-refractivity contribution >= 4 is 5.91 Å². The average molecular weight is 230 g/mol. The van der Waals surface area contributed by atoms with Gasteiger partial charge in [-0.15, -0.1) is 0 Å². The Labute approximate surface area is 96.8 Å². The van der Waals surface area contributed by atoms with Crippen LogP contribution in [0.25, 0.3) is 0 Å². The number of aliphatic hydroxyl groups excluding tert-OH is 1. The van der Waals surface area contributed by atoms with Crippen molar-refractivity contribution < 1.29 is 14.6 Å². The number of likely N-dealkylation sites (N-methyl/N-ethyl adjacent to an activating group) is 1. The van der Waals surface area contributed by atoms with Gasteiger partial charge in [-0.3, -0.25) is 4.79 Å². The third-order valence-corrected chi connectivity index (χ3v) is 3.21. The molecule has 5 nitrogen and oxygen atoms in total. The molecule has 1 aliphatic heterocycles. The van der Waals surface area contributed by atoms with Gasteiger partial charge in [0.25, 0.3) is 0 Å². The van der Waals surface area contributed by atoms with Crippen LogP contribution in [0, 0.1) is 0 Å². The molecule has 0 aromatic heterocycles. The molecule has 0 spiro atoms. The molecule has 0 radical (unpaired) electrons. The highest BCUT2D eigenvalue weighted by Crippen LogP contribution is 2.16. The molecule has 0 bridgehead atoms. The molecule has 1 fully saturated rings. The normalized spacial score (nSPS) is 19.1. The summed E-state index contributed by atoms with van der Waals surface area (Å²) in [5, 5.41) is 12.3. The first-order valence-corrected chi connectivity index (χ1v) is 5.53. The Morgan fingerprint density at radius 3 is 2.50 bits per heavy atom. The second-order valence-corrected chi connectivity index (χ2v) is 5.27. The van der Waals surface area contributed by atoms with E-state index >= 15 is 0 Å². The lowest BCUT2D eigenvalue weighted by atomic mass is 10.0. The van der Waals surface area contributed by atoms with Crippen molar-refractivity contribution in [2.45, 2.75) is 31.9 Å². The third kappa shape index (κ3) is 2.93. The number of hydrogen-bond acceptors (Lipinski definition) is 4. The van der Waals surface area contributed by atoms with Crippen LogP contribution in [0.15, 0.2) is 0 Å². The minimum absolute atomic E-state index is 0.0614. The topological polar surface area (TPSA) is 61.8 Å². The van der Waals surface area contributed by atoms with Crippen molar-refractivity contribution in [3.8, 4) is 0 Å². The molecule has 1 saturated heterocycles. The molecule has 0 saturated carbocycles. The monoisotopic (exact) mass is 230 g/mol. The molecule has 1 amide bonds. The number of aliphatic hydroxyl groups is 1. The van der Waals surface area contributed by atoms with Crippen LogP contribution in [0.1, 0.15) is 20.8 Å². The first-order chi connectivity index (χ1) is 7.31. The predicted molar refractivity (Wildman–Crippen MR) is 61.2 cm³/mol. The number of ether oxygens (including phenoxy) is 1. The van der Waals surface area contributed by atoms with Crippen molar-refractivity contribution in [2.75, 3.05) is 33.4 Å². The molecule has 0 aromatic carbocycles. The summed E-state index contributed by atoms with van der Waals surface area (Å²) in [7, 11) is 1.68. The molecule has 0 aliphatic carbocycles. The first-order valence-electron chi connectivity index (χ1n) is 5.53. The van der Waals surface area contributed by atoms with Crippen molar-refractivity contribution in [1.29, 1.82) is 0 Å². The fourth-order valence-corrected chi connectivity index (χ4v) is 1.36. The molecule has 94 valence electrons. The Kier molecular flexibility index (Phi) is 3.93. The zero-order valence-corrected chi connectivity index (χ0v) is 10.5. The van der Waals surface area contributed by atoms with E-state index in [1.54, 1.807) is 7.05 Å². The number of amides is 1. The smallest absolute Gasteiger partial charge is 0.248 e. The molecule has 0 unspecified atom stereocenters. The van der Waals surface area contributed by atoms with Gasteiger partial charge in [0, 0.05) is 20.1 Å². The van der Waals surface area contributed by atoms with Crippen molar-refractivity contribution in [3.05, 3.63) is 0 Å². The molecular weight excluding hydrogens is 208 g/mol. The summed E-state index contributed by atoms with van der Waals surface area (Å²) < 4.78 is 5.55. The van der Waals surface area contributed by atoms with Crippen molar-refractivity contribution in [3.63, 3.8) is 0 Å². The van der Waals surface area contributed by atoms with Crippen LogP contribution >= 0.6 is 0 Å². The van der Waals surface area contributed by atoms with Crippen molar-refractivity contribution in [2.24, 2.45) is 0 Å². The van der Waals surface area contributed by atoms with E-state index in [4.69, 9.17) is 9.84 Å². The van der Waals surface area contributed by atoms with Crippen LogP contribution in [0.3, 0.4) is 0 Å². The van der Waals surface area contributed by atoms with E-state index in [9.17, 15) is 4.79 Å². The standard InChI is InChI=1S/C11H22N2O3/c1-10(2,8-14)13(4)9(15)5-16-11(3)6-12-7-11/h12,14H,5-8H2,1-4H3. The van der Waals surface area contributed by atoms with Crippen LogP contribution < -0.4 is 5.32 Å². The number of rotatable bonds is 5. The summed E-state index contributed by atoms with van der Waals surface area (Å²) in [5.41, 5.74) is -0.751. The van der Waals surface area contributed by atoms with Gasteiger partial charge in [0.15, 0.2) is 0 Å². The first kappa shape index (κ1) is 13.4. The average Bonchev–Trinajstić information content (AvgIpc) is 2.22. The lowest BCUT2D eigenvalue weighted by Gasteiger charge is -2.40. The van der Waals surface area contributed by atoms with Crippen LogP contribution in [0.2, 0.25) is 0 Å². The molecule has 0 atom stereocenters. The fourth-order valence-electron chi connectivity index (χ4n) is 1.36. The summed E-state index contributed by atoms with van der Waals surface area (Å²) in [6.07, 6.45) is 0. The van der Waals surface area contributed by atoms with Gasteiger partial charge in [-0.1, -0.05) is 0 Å². The minimum Gasteiger partial charge on any atom is -0.394 e. The summed E-state index contributed by atoms with van der Waals surface area (Å²) in [6, 6.07) is 0. The van der Waals surface area contributed by atoms with Crippen LogP contribution in [-0.2, 0) is 9.53 Å². The number of nitrogens with zero attached hydrogens (tertiary/aromatic N) is 1.